The van der Waals surface area contributed by atoms with E-state index in [0.29, 0.717) is 25.3 Å². The minimum Gasteiger partial charge on any atom is -0.329 e. The summed E-state index contributed by atoms with van der Waals surface area (Å²) in [6, 6.07) is 3.57. The first-order chi connectivity index (χ1) is 9.26. The van der Waals surface area contributed by atoms with Crippen LogP contribution in [-0.4, -0.2) is 39.0 Å². The molecule has 0 saturated carbocycles. The molecule has 19 heavy (non-hydrogen) atoms. The largest absolute Gasteiger partial charge is 0.329 e. The second-order valence-corrected chi connectivity index (χ2v) is 3.91. The van der Waals surface area contributed by atoms with Crippen LogP contribution in [0.3, 0.4) is 0 Å². The standard InChI is InChI=1S/C12H16N6O/c1-2-18(10-3-6-14-7-4-10)12(19)11-9-17(8-5-13)16-15-11/h3-4,6-7,9H,2,5,8,13H2,1H3. The SMILES string of the molecule is CCN(C(=O)c1cn(CCN)nn1)c1ccncc1. The van der Waals surface area contributed by atoms with Gasteiger partial charge in [-0.25, -0.2) is 0 Å². The van der Waals surface area contributed by atoms with Gasteiger partial charge in [0.25, 0.3) is 5.91 Å². The van der Waals surface area contributed by atoms with Crippen LogP contribution in [0.5, 0.6) is 0 Å². The molecule has 0 radical (unpaired) electrons. The summed E-state index contributed by atoms with van der Waals surface area (Å²) < 4.78 is 1.56. The Morgan fingerprint density at radius 3 is 2.79 bits per heavy atom. The molecule has 2 N–H and O–H groups in total. The van der Waals surface area contributed by atoms with Crippen molar-refractivity contribution in [3.63, 3.8) is 0 Å². The summed E-state index contributed by atoms with van der Waals surface area (Å²) in [6.45, 7) is 3.45. The van der Waals surface area contributed by atoms with Crippen molar-refractivity contribution in [3.8, 4) is 0 Å². The van der Waals surface area contributed by atoms with E-state index in [0.717, 1.165) is 5.69 Å². The smallest absolute Gasteiger partial charge is 0.280 e. The highest BCUT2D eigenvalue weighted by atomic mass is 16.2. The van der Waals surface area contributed by atoms with E-state index in [9.17, 15) is 4.79 Å². The zero-order valence-corrected chi connectivity index (χ0v) is 10.7. The van der Waals surface area contributed by atoms with Gasteiger partial charge in [0.15, 0.2) is 5.69 Å². The van der Waals surface area contributed by atoms with Gasteiger partial charge in [0.2, 0.25) is 0 Å². The van der Waals surface area contributed by atoms with Crippen LogP contribution in [0.4, 0.5) is 5.69 Å². The molecule has 2 heterocycles. The first-order valence-corrected chi connectivity index (χ1v) is 6.08. The minimum atomic E-state index is -0.183. The molecule has 0 unspecified atom stereocenters. The van der Waals surface area contributed by atoms with E-state index in [2.05, 4.69) is 15.3 Å². The molecule has 0 spiro atoms. The third-order valence-electron chi connectivity index (χ3n) is 2.65. The third-order valence-corrected chi connectivity index (χ3v) is 2.65. The number of hydrogen-bond donors (Lipinski definition) is 1. The molecule has 0 atom stereocenters. The number of carbonyl (C=O) groups excluding carboxylic acids is 1. The summed E-state index contributed by atoms with van der Waals surface area (Å²) in [5.41, 5.74) is 6.53. The minimum absolute atomic E-state index is 0.183. The number of aromatic nitrogens is 4. The van der Waals surface area contributed by atoms with Gasteiger partial charge in [0, 0.05) is 31.2 Å². The fourth-order valence-electron chi connectivity index (χ4n) is 1.74. The molecule has 2 aromatic heterocycles. The molecule has 2 aromatic rings. The maximum atomic E-state index is 12.4. The van der Waals surface area contributed by atoms with E-state index in [4.69, 9.17) is 5.73 Å². The quantitative estimate of drug-likeness (QED) is 0.835. The molecule has 0 aromatic carbocycles. The summed E-state index contributed by atoms with van der Waals surface area (Å²) >= 11 is 0. The van der Waals surface area contributed by atoms with Crippen molar-refractivity contribution in [1.29, 1.82) is 0 Å². The Balaban J connectivity index is 2.20. The van der Waals surface area contributed by atoms with Crippen LogP contribution in [0, 0.1) is 0 Å². The third kappa shape index (κ3) is 2.94. The van der Waals surface area contributed by atoms with Gasteiger partial charge in [-0.05, 0) is 19.1 Å². The zero-order valence-electron chi connectivity index (χ0n) is 10.7. The molecule has 1 amide bonds. The maximum absolute atomic E-state index is 12.4. The number of anilines is 1. The monoisotopic (exact) mass is 260 g/mol. The Bertz CT molecular complexity index is 538. The van der Waals surface area contributed by atoms with Gasteiger partial charge in [-0.15, -0.1) is 5.10 Å². The number of rotatable bonds is 5. The molecule has 2 rings (SSSR count). The lowest BCUT2D eigenvalue weighted by Crippen LogP contribution is -2.30. The van der Waals surface area contributed by atoms with Crippen molar-refractivity contribution >= 4 is 11.6 Å². The predicted octanol–water partition coefficient (Wildman–Crippen LogP) is 0.299. The van der Waals surface area contributed by atoms with Gasteiger partial charge >= 0.3 is 0 Å². The van der Waals surface area contributed by atoms with Crippen molar-refractivity contribution in [2.75, 3.05) is 18.0 Å². The average Bonchev–Trinajstić information content (AvgIpc) is 2.90. The van der Waals surface area contributed by atoms with Crippen molar-refractivity contribution in [2.45, 2.75) is 13.5 Å². The highest BCUT2D eigenvalue weighted by molar-refractivity contribution is 6.04. The van der Waals surface area contributed by atoms with Gasteiger partial charge in [0.05, 0.1) is 12.7 Å². The summed E-state index contributed by atoms with van der Waals surface area (Å²) in [5, 5.41) is 7.74. The molecular weight excluding hydrogens is 244 g/mol. The Kier molecular flexibility index (Phi) is 4.19. The van der Waals surface area contributed by atoms with E-state index in [1.807, 2.05) is 6.92 Å². The van der Waals surface area contributed by atoms with Crippen molar-refractivity contribution in [1.82, 2.24) is 20.0 Å². The van der Waals surface area contributed by atoms with Gasteiger partial charge in [-0.2, -0.15) is 0 Å². The van der Waals surface area contributed by atoms with Crippen LogP contribution in [0.15, 0.2) is 30.7 Å². The van der Waals surface area contributed by atoms with E-state index >= 15 is 0 Å². The first-order valence-electron chi connectivity index (χ1n) is 6.08. The van der Waals surface area contributed by atoms with E-state index in [1.165, 1.54) is 0 Å². The molecule has 0 fully saturated rings. The molecule has 0 aliphatic carbocycles. The van der Waals surface area contributed by atoms with Gasteiger partial charge in [-0.1, -0.05) is 5.21 Å². The predicted molar refractivity (Wildman–Crippen MR) is 70.7 cm³/mol. The molecule has 7 heteroatoms. The van der Waals surface area contributed by atoms with Crippen LogP contribution in [0.1, 0.15) is 17.4 Å². The summed E-state index contributed by atoms with van der Waals surface area (Å²) in [7, 11) is 0. The van der Waals surface area contributed by atoms with Gasteiger partial charge in [-0.3, -0.25) is 14.5 Å². The van der Waals surface area contributed by atoms with Crippen molar-refractivity contribution in [2.24, 2.45) is 5.73 Å². The normalized spacial score (nSPS) is 10.4. The van der Waals surface area contributed by atoms with Crippen LogP contribution >= 0.6 is 0 Å². The molecule has 0 bridgehead atoms. The molecular formula is C12H16N6O. The number of nitrogens with zero attached hydrogens (tertiary/aromatic N) is 5. The summed E-state index contributed by atoms with van der Waals surface area (Å²) in [4.78, 5) is 17.9. The maximum Gasteiger partial charge on any atom is 0.280 e. The zero-order chi connectivity index (χ0) is 13.7. The van der Waals surface area contributed by atoms with E-state index in [-0.39, 0.29) is 5.91 Å². The van der Waals surface area contributed by atoms with Gasteiger partial charge in [0.1, 0.15) is 0 Å². The van der Waals surface area contributed by atoms with Crippen LogP contribution in [0.25, 0.3) is 0 Å². The summed E-state index contributed by atoms with van der Waals surface area (Å²) in [6.07, 6.45) is 4.91. The molecule has 100 valence electrons. The molecule has 0 aliphatic rings. The highest BCUT2D eigenvalue weighted by Gasteiger charge is 2.19. The Hall–Kier alpha value is -2.28. The molecule has 0 saturated heterocycles. The Morgan fingerprint density at radius 2 is 2.16 bits per heavy atom. The van der Waals surface area contributed by atoms with Crippen LogP contribution in [-0.2, 0) is 6.54 Å². The highest BCUT2D eigenvalue weighted by Crippen LogP contribution is 2.14. The second-order valence-electron chi connectivity index (χ2n) is 3.91. The molecule has 7 nitrogen and oxygen atoms in total. The average molecular weight is 260 g/mol. The fourth-order valence-corrected chi connectivity index (χ4v) is 1.74. The van der Waals surface area contributed by atoms with Gasteiger partial charge < -0.3 is 10.6 Å². The number of amides is 1. The Labute approximate surface area is 111 Å². The molecule has 0 aliphatic heterocycles. The number of carbonyl (C=O) groups is 1. The Morgan fingerprint density at radius 1 is 1.42 bits per heavy atom. The second kappa shape index (κ2) is 6.05. The van der Waals surface area contributed by atoms with Crippen molar-refractivity contribution < 1.29 is 4.79 Å². The number of nitrogens with two attached hydrogens (primary N) is 1. The lowest BCUT2D eigenvalue weighted by molar-refractivity contribution is 0.0983. The lowest BCUT2D eigenvalue weighted by atomic mass is 10.3. The number of pyridine rings is 1. The van der Waals surface area contributed by atoms with Crippen LogP contribution < -0.4 is 10.6 Å². The topological polar surface area (TPSA) is 89.9 Å². The van der Waals surface area contributed by atoms with E-state index < -0.39 is 0 Å². The number of hydrogen-bond acceptors (Lipinski definition) is 5. The van der Waals surface area contributed by atoms with Crippen LogP contribution in [0.2, 0.25) is 0 Å². The van der Waals surface area contributed by atoms with Crippen molar-refractivity contribution in [3.05, 3.63) is 36.4 Å². The van der Waals surface area contributed by atoms with E-state index in [1.54, 1.807) is 40.3 Å². The fraction of sp³-hybridized carbons (Fsp3) is 0.333. The lowest BCUT2D eigenvalue weighted by Gasteiger charge is -2.19. The first kappa shape index (κ1) is 13.2. The summed E-state index contributed by atoms with van der Waals surface area (Å²) in [5.74, 6) is -0.183.